The minimum absolute atomic E-state index is 0.438. The van der Waals surface area contributed by atoms with Crippen LogP contribution in [0.3, 0.4) is 0 Å². The van der Waals surface area contributed by atoms with Gasteiger partial charge in [-0.2, -0.15) is 5.10 Å². The zero-order valence-corrected chi connectivity index (χ0v) is 10.3. The maximum atomic E-state index is 6.08. The molecule has 2 aromatic heterocycles. The maximum absolute atomic E-state index is 6.08. The van der Waals surface area contributed by atoms with Gasteiger partial charge in [0.2, 0.25) is 0 Å². The highest BCUT2D eigenvalue weighted by molar-refractivity contribution is 6.36. The lowest BCUT2D eigenvalue weighted by Crippen LogP contribution is -2.02. The number of benzene rings is 1. The van der Waals surface area contributed by atoms with Gasteiger partial charge < -0.3 is 5.73 Å². The number of fused-ring (bicyclic) bond motifs is 1. The van der Waals surface area contributed by atoms with Crippen LogP contribution in [0.2, 0.25) is 5.02 Å². The highest BCUT2D eigenvalue weighted by Crippen LogP contribution is 2.27. The molecule has 2 heterocycles. The quantitative estimate of drug-likeness (QED) is 0.769. The molecule has 0 aliphatic heterocycles. The molecule has 0 unspecified atom stereocenters. The van der Waals surface area contributed by atoms with Crippen molar-refractivity contribution in [3.63, 3.8) is 0 Å². The fraction of sp³-hybridized carbons (Fsp3) is 0.0769. The van der Waals surface area contributed by atoms with Crippen molar-refractivity contribution in [3.05, 3.63) is 53.3 Å². The van der Waals surface area contributed by atoms with E-state index in [-0.39, 0.29) is 0 Å². The van der Waals surface area contributed by atoms with Crippen LogP contribution in [0.5, 0.6) is 0 Å². The second-order valence-electron chi connectivity index (χ2n) is 4.04. The van der Waals surface area contributed by atoms with Crippen LogP contribution in [-0.2, 0) is 6.54 Å². The first kappa shape index (κ1) is 11.0. The van der Waals surface area contributed by atoms with E-state index >= 15 is 0 Å². The Kier molecular flexibility index (Phi) is 2.64. The van der Waals surface area contributed by atoms with E-state index in [1.807, 2.05) is 35.0 Å². The van der Waals surface area contributed by atoms with E-state index in [4.69, 9.17) is 17.3 Å². The zero-order chi connectivity index (χ0) is 12.5. The largest absolute Gasteiger partial charge is 0.382 e. The summed E-state index contributed by atoms with van der Waals surface area (Å²) in [5.74, 6) is 0.438. The predicted octanol–water partition coefficient (Wildman–Crippen LogP) is 2.72. The number of halogens is 1. The highest BCUT2D eigenvalue weighted by Gasteiger charge is 2.11. The molecule has 2 N–H and O–H groups in total. The van der Waals surface area contributed by atoms with Crippen LogP contribution in [0.15, 0.2) is 42.7 Å². The van der Waals surface area contributed by atoms with E-state index in [0.29, 0.717) is 17.4 Å². The predicted molar refractivity (Wildman–Crippen MR) is 72.5 cm³/mol. The van der Waals surface area contributed by atoms with Crippen LogP contribution in [0.4, 0.5) is 5.82 Å². The fourth-order valence-corrected chi connectivity index (χ4v) is 2.23. The molecule has 0 atom stereocenters. The topological polar surface area (TPSA) is 56.7 Å². The summed E-state index contributed by atoms with van der Waals surface area (Å²) >= 11 is 6.08. The molecule has 0 amide bonds. The first-order valence-electron chi connectivity index (χ1n) is 5.55. The number of anilines is 1. The highest BCUT2D eigenvalue weighted by atomic mass is 35.5. The van der Waals surface area contributed by atoms with Gasteiger partial charge in [-0.1, -0.05) is 41.9 Å². The zero-order valence-electron chi connectivity index (χ0n) is 9.55. The van der Waals surface area contributed by atoms with Gasteiger partial charge >= 0.3 is 0 Å². The van der Waals surface area contributed by atoms with Gasteiger partial charge in [0, 0.05) is 6.20 Å². The van der Waals surface area contributed by atoms with E-state index in [1.54, 1.807) is 12.4 Å². The molecule has 1 aromatic carbocycles. The van der Waals surface area contributed by atoms with E-state index in [2.05, 4.69) is 10.1 Å². The number of nitrogen functional groups attached to an aromatic ring is 1. The third-order valence-electron chi connectivity index (χ3n) is 2.82. The Balaban J connectivity index is 2.11. The molecule has 3 rings (SSSR count). The Morgan fingerprint density at radius 1 is 1.17 bits per heavy atom. The van der Waals surface area contributed by atoms with Gasteiger partial charge in [0.15, 0.2) is 5.82 Å². The van der Waals surface area contributed by atoms with Gasteiger partial charge in [0.1, 0.15) is 0 Å². The Hall–Kier alpha value is -2.07. The molecule has 0 saturated heterocycles. The second-order valence-corrected chi connectivity index (χ2v) is 4.45. The van der Waals surface area contributed by atoms with Crippen molar-refractivity contribution in [1.29, 1.82) is 0 Å². The molecule has 4 nitrogen and oxygen atoms in total. The van der Waals surface area contributed by atoms with Crippen molar-refractivity contribution in [2.75, 3.05) is 5.73 Å². The molecular formula is C13H11ClN4. The van der Waals surface area contributed by atoms with Gasteiger partial charge in [0.05, 0.1) is 28.7 Å². The van der Waals surface area contributed by atoms with Crippen molar-refractivity contribution in [2.45, 2.75) is 6.54 Å². The monoisotopic (exact) mass is 258 g/mol. The summed E-state index contributed by atoms with van der Waals surface area (Å²) < 4.78 is 1.82. The van der Waals surface area contributed by atoms with Crippen molar-refractivity contribution in [2.24, 2.45) is 0 Å². The average molecular weight is 259 g/mol. The number of hydrogen-bond donors (Lipinski definition) is 1. The summed E-state index contributed by atoms with van der Waals surface area (Å²) in [6, 6.07) is 10.1. The molecule has 0 fully saturated rings. The van der Waals surface area contributed by atoms with Crippen molar-refractivity contribution in [1.82, 2.24) is 14.8 Å². The molecule has 0 aliphatic carbocycles. The number of hydrogen-bond acceptors (Lipinski definition) is 3. The molecule has 0 spiro atoms. The standard InChI is InChI=1S/C13H11ClN4/c14-10-6-16-7-11-12(10)13(15)17-18(11)8-9-4-2-1-3-5-9/h1-7H,8H2,(H2,15,17). The third-order valence-corrected chi connectivity index (χ3v) is 3.10. The first-order chi connectivity index (χ1) is 8.75. The summed E-state index contributed by atoms with van der Waals surface area (Å²) in [6.45, 7) is 0.649. The molecule has 0 bridgehead atoms. The van der Waals surface area contributed by atoms with Crippen LogP contribution < -0.4 is 5.73 Å². The number of rotatable bonds is 2. The van der Waals surface area contributed by atoms with Crippen LogP contribution in [0.25, 0.3) is 10.9 Å². The normalized spacial score (nSPS) is 10.9. The summed E-state index contributed by atoms with van der Waals surface area (Å²) in [4.78, 5) is 4.08. The molecule has 0 radical (unpaired) electrons. The smallest absolute Gasteiger partial charge is 0.155 e. The minimum Gasteiger partial charge on any atom is -0.382 e. The van der Waals surface area contributed by atoms with E-state index in [9.17, 15) is 0 Å². The number of pyridine rings is 1. The van der Waals surface area contributed by atoms with Gasteiger partial charge in [-0.3, -0.25) is 9.67 Å². The molecule has 5 heteroatoms. The number of nitrogens with two attached hydrogens (primary N) is 1. The van der Waals surface area contributed by atoms with Gasteiger partial charge in [-0.25, -0.2) is 0 Å². The van der Waals surface area contributed by atoms with E-state index in [1.165, 1.54) is 0 Å². The molecule has 0 saturated carbocycles. The Bertz CT molecular complexity index is 691. The van der Waals surface area contributed by atoms with Gasteiger partial charge in [0.25, 0.3) is 0 Å². The number of nitrogens with zero attached hydrogens (tertiary/aromatic N) is 3. The number of aromatic nitrogens is 3. The molecule has 0 aliphatic rings. The Morgan fingerprint density at radius 2 is 1.94 bits per heavy atom. The summed E-state index contributed by atoms with van der Waals surface area (Å²) in [5, 5.41) is 5.61. The molecular weight excluding hydrogens is 248 g/mol. The maximum Gasteiger partial charge on any atom is 0.155 e. The first-order valence-corrected chi connectivity index (χ1v) is 5.93. The summed E-state index contributed by atoms with van der Waals surface area (Å²) in [7, 11) is 0. The lowest BCUT2D eigenvalue weighted by atomic mass is 10.2. The van der Waals surface area contributed by atoms with Gasteiger partial charge in [-0.15, -0.1) is 0 Å². The lowest BCUT2D eigenvalue weighted by molar-refractivity contribution is 0.715. The average Bonchev–Trinajstić information content (AvgIpc) is 2.69. The Labute approximate surface area is 109 Å². The molecule has 90 valence electrons. The lowest BCUT2D eigenvalue weighted by Gasteiger charge is -2.03. The van der Waals surface area contributed by atoms with Crippen LogP contribution >= 0.6 is 11.6 Å². The Morgan fingerprint density at radius 3 is 2.72 bits per heavy atom. The third kappa shape index (κ3) is 1.80. The fourth-order valence-electron chi connectivity index (χ4n) is 1.98. The van der Waals surface area contributed by atoms with Crippen molar-refractivity contribution >= 4 is 28.3 Å². The summed E-state index contributed by atoms with van der Waals surface area (Å²) in [6.07, 6.45) is 3.31. The SMILES string of the molecule is Nc1nn(Cc2ccccc2)c2cncc(Cl)c12. The molecule has 3 aromatic rings. The van der Waals surface area contributed by atoms with Crippen LogP contribution in [-0.4, -0.2) is 14.8 Å². The van der Waals surface area contributed by atoms with Crippen molar-refractivity contribution < 1.29 is 0 Å². The second kappa shape index (κ2) is 4.31. The van der Waals surface area contributed by atoms with Gasteiger partial charge in [-0.05, 0) is 5.56 Å². The van der Waals surface area contributed by atoms with E-state index < -0.39 is 0 Å². The van der Waals surface area contributed by atoms with Crippen molar-refractivity contribution in [3.8, 4) is 0 Å². The van der Waals surface area contributed by atoms with Crippen LogP contribution in [0.1, 0.15) is 5.56 Å². The van der Waals surface area contributed by atoms with E-state index in [0.717, 1.165) is 16.5 Å². The van der Waals surface area contributed by atoms with Crippen LogP contribution in [0, 0.1) is 0 Å². The summed E-state index contributed by atoms with van der Waals surface area (Å²) in [5.41, 5.74) is 7.89. The molecule has 18 heavy (non-hydrogen) atoms. The minimum atomic E-state index is 0.438.